The highest BCUT2D eigenvalue weighted by Gasteiger charge is 2.28. The van der Waals surface area contributed by atoms with Crippen LogP contribution in [-0.2, 0) is 22.6 Å². The van der Waals surface area contributed by atoms with Crippen LogP contribution in [0.15, 0.2) is 127 Å². The normalized spacial score (nSPS) is 13.1. The molecule has 1 aliphatic heterocycles. The van der Waals surface area contributed by atoms with E-state index in [1.807, 2.05) is 114 Å². The molecule has 1 saturated heterocycles. The smallest absolute Gasteiger partial charge is 0.290 e. The van der Waals surface area contributed by atoms with Gasteiger partial charge in [-0.1, -0.05) is 60.7 Å². The Morgan fingerprint density at radius 3 is 1.89 bits per heavy atom. The third-order valence-electron chi connectivity index (χ3n) is 8.13. The Kier molecular flexibility index (Phi) is 8.82. The number of benzene rings is 3. The van der Waals surface area contributed by atoms with Gasteiger partial charge in [0.25, 0.3) is 11.5 Å². The minimum absolute atomic E-state index is 0.0753. The van der Waals surface area contributed by atoms with Crippen molar-refractivity contribution in [2.45, 2.75) is 19.4 Å². The largest absolute Gasteiger partial charge is 0.368 e. The second kappa shape index (κ2) is 13.4. The van der Waals surface area contributed by atoms with E-state index in [4.69, 9.17) is 0 Å². The maximum absolute atomic E-state index is 13.5. The number of ketones is 2. The Morgan fingerprint density at radius 1 is 0.644 bits per heavy atom. The lowest BCUT2D eigenvalue weighted by molar-refractivity contribution is -0.144. The fourth-order valence-electron chi connectivity index (χ4n) is 5.73. The van der Waals surface area contributed by atoms with Crippen LogP contribution in [0.3, 0.4) is 0 Å². The number of amides is 1. The molecule has 3 aromatic carbocycles. The summed E-state index contributed by atoms with van der Waals surface area (Å²) in [5.41, 5.74) is 4.27. The summed E-state index contributed by atoms with van der Waals surface area (Å²) in [6.45, 7) is 2.17. The molecule has 3 heterocycles. The molecule has 8 nitrogen and oxygen atoms in total. The fraction of sp³-hybridized carbons (Fsp3) is 0.189. The number of hydrogen-bond acceptors (Lipinski definition) is 5. The topological polar surface area (TPSA) is 84.6 Å². The van der Waals surface area contributed by atoms with Crippen molar-refractivity contribution < 1.29 is 14.4 Å². The zero-order valence-corrected chi connectivity index (χ0v) is 24.9. The second-order valence-corrected chi connectivity index (χ2v) is 11.3. The summed E-state index contributed by atoms with van der Waals surface area (Å²) in [7, 11) is 0. The van der Waals surface area contributed by atoms with E-state index in [9.17, 15) is 19.2 Å². The Labute approximate surface area is 261 Å². The molecule has 0 saturated carbocycles. The molecule has 0 bridgehead atoms. The molecule has 5 aromatic rings. The summed E-state index contributed by atoms with van der Waals surface area (Å²) in [4.78, 5) is 56.7. The second-order valence-electron chi connectivity index (χ2n) is 11.3. The molecule has 0 spiro atoms. The molecule has 0 aliphatic carbocycles. The maximum Gasteiger partial charge on any atom is 0.290 e. The van der Waals surface area contributed by atoms with Gasteiger partial charge in [-0.05, 0) is 65.6 Å². The highest BCUT2D eigenvalue weighted by Crippen LogP contribution is 2.20. The number of nitrogens with zero attached hydrogens (tertiary/aromatic N) is 4. The lowest BCUT2D eigenvalue weighted by Crippen LogP contribution is -2.51. The molecule has 45 heavy (non-hydrogen) atoms. The highest BCUT2D eigenvalue weighted by atomic mass is 16.2. The van der Waals surface area contributed by atoms with Gasteiger partial charge in [0.2, 0.25) is 5.78 Å². The zero-order valence-electron chi connectivity index (χ0n) is 24.9. The van der Waals surface area contributed by atoms with Gasteiger partial charge < -0.3 is 18.9 Å². The number of carbonyl (C=O) groups is 3. The van der Waals surface area contributed by atoms with Crippen molar-refractivity contribution in [2.75, 3.05) is 31.1 Å². The molecule has 6 rings (SSSR count). The summed E-state index contributed by atoms with van der Waals surface area (Å²) < 4.78 is 3.54. The molecule has 0 unspecified atom stereocenters. The summed E-state index contributed by atoms with van der Waals surface area (Å²) in [5, 5.41) is 0. The van der Waals surface area contributed by atoms with Gasteiger partial charge in [0.1, 0.15) is 0 Å². The molecule has 0 atom stereocenters. The van der Waals surface area contributed by atoms with Gasteiger partial charge >= 0.3 is 0 Å². The van der Waals surface area contributed by atoms with E-state index < -0.39 is 29.5 Å². The predicted octanol–water partition coefficient (Wildman–Crippen LogP) is 4.77. The van der Waals surface area contributed by atoms with Crippen LogP contribution < -0.4 is 10.5 Å². The molecule has 226 valence electrons. The zero-order chi connectivity index (χ0) is 31.2. The van der Waals surface area contributed by atoms with Gasteiger partial charge in [-0.3, -0.25) is 19.2 Å². The molecule has 1 amide bonds. The van der Waals surface area contributed by atoms with Gasteiger partial charge in [-0.15, -0.1) is 0 Å². The number of pyridine rings is 1. The first-order chi connectivity index (χ1) is 21.9. The van der Waals surface area contributed by atoms with Crippen LogP contribution in [0.4, 0.5) is 5.69 Å². The van der Waals surface area contributed by atoms with Gasteiger partial charge in [0.15, 0.2) is 5.78 Å². The molecular weight excluding hydrogens is 564 g/mol. The van der Waals surface area contributed by atoms with Crippen molar-refractivity contribution in [2.24, 2.45) is 0 Å². The van der Waals surface area contributed by atoms with E-state index in [0.29, 0.717) is 32.6 Å². The van der Waals surface area contributed by atoms with Gasteiger partial charge in [-0.2, -0.15) is 0 Å². The van der Waals surface area contributed by atoms with Crippen molar-refractivity contribution in [3.05, 3.63) is 154 Å². The lowest BCUT2D eigenvalue weighted by atomic mass is 10.0. The monoisotopic (exact) mass is 598 g/mol. The van der Waals surface area contributed by atoms with Crippen molar-refractivity contribution in [3.8, 4) is 5.69 Å². The van der Waals surface area contributed by atoms with Gasteiger partial charge in [-0.25, -0.2) is 0 Å². The first kappa shape index (κ1) is 29.6. The summed E-state index contributed by atoms with van der Waals surface area (Å²) >= 11 is 0. The number of hydrogen-bond donors (Lipinski definition) is 0. The number of carbonyl (C=O) groups excluding carboxylic acids is 3. The van der Waals surface area contributed by atoms with E-state index in [2.05, 4.69) is 4.90 Å². The van der Waals surface area contributed by atoms with Crippen LogP contribution >= 0.6 is 0 Å². The third-order valence-corrected chi connectivity index (χ3v) is 8.13. The van der Waals surface area contributed by atoms with E-state index in [1.54, 1.807) is 12.3 Å². The lowest BCUT2D eigenvalue weighted by Gasteiger charge is -2.35. The van der Waals surface area contributed by atoms with Crippen LogP contribution in [0.1, 0.15) is 33.5 Å². The first-order valence-electron chi connectivity index (χ1n) is 15.1. The Balaban J connectivity index is 1.12. The Hall–Kier alpha value is -5.50. The Bertz CT molecular complexity index is 1840. The number of aromatic nitrogens is 2. The minimum Gasteiger partial charge on any atom is -0.368 e. The third kappa shape index (κ3) is 7.02. The van der Waals surface area contributed by atoms with Crippen molar-refractivity contribution in [3.63, 3.8) is 0 Å². The average Bonchev–Trinajstić information content (AvgIpc) is 3.62. The van der Waals surface area contributed by atoms with E-state index >= 15 is 0 Å². The standard InChI is InChI=1S/C37H34N4O4/c42-34(33-24-30(23-28-9-3-1-4-10-28)27-41(36(33)44)26-29-11-5-2-6-12-29)25-35(43)37(45)40-21-19-39(20-22-40)32-15-13-31(14-16-32)38-17-7-8-18-38/h1-18,24,27H,19-23,25-26H2. The molecule has 8 heteroatoms. The van der Waals surface area contributed by atoms with Crippen molar-refractivity contribution >= 4 is 23.2 Å². The minimum atomic E-state index is -0.799. The highest BCUT2D eigenvalue weighted by molar-refractivity contribution is 6.40. The summed E-state index contributed by atoms with van der Waals surface area (Å²) in [5.74, 6) is -2.13. The quantitative estimate of drug-likeness (QED) is 0.131. The van der Waals surface area contributed by atoms with Crippen LogP contribution in [0.5, 0.6) is 0 Å². The van der Waals surface area contributed by atoms with Crippen LogP contribution in [0.25, 0.3) is 5.69 Å². The van der Waals surface area contributed by atoms with Crippen molar-refractivity contribution in [1.82, 2.24) is 14.0 Å². The molecular formula is C37H34N4O4. The number of Topliss-reactive ketones (excluding diaryl/α,β-unsaturated/α-hetero) is 2. The van der Waals surface area contributed by atoms with E-state index in [1.165, 1.54) is 9.47 Å². The van der Waals surface area contributed by atoms with Gasteiger partial charge in [0.05, 0.1) is 18.5 Å². The molecule has 1 aliphatic rings. The van der Waals surface area contributed by atoms with Crippen LogP contribution in [-0.4, -0.2) is 57.7 Å². The van der Waals surface area contributed by atoms with E-state index in [-0.39, 0.29) is 12.1 Å². The maximum atomic E-state index is 13.5. The molecule has 0 radical (unpaired) electrons. The molecule has 0 N–H and O–H groups in total. The van der Waals surface area contributed by atoms with E-state index in [0.717, 1.165) is 28.1 Å². The summed E-state index contributed by atoms with van der Waals surface area (Å²) in [6, 6.07) is 33.0. The predicted molar refractivity (Wildman–Crippen MR) is 174 cm³/mol. The molecule has 2 aromatic heterocycles. The fourth-order valence-corrected chi connectivity index (χ4v) is 5.73. The molecule has 1 fully saturated rings. The van der Waals surface area contributed by atoms with Gasteiger partial charge in [0, 0.05) is 56.1 Å². The Morgan fingerprint density at radius 2 is 1.24 bits per heavy atom. The summed E-state index contributed by atoms with van der Waals surface area (Å²) in [6.07, 6.45) is 5.61. The SMILES string of the molecule is O=C(CC(=O)c1cc(Cc2ccccc2)cn(Cc2ccccc2)c1=O)C(=O)N1CCN(c2ccc(-n3cccc3)cc2)CC1. The number of anilines is 1. The van der Waals surface area contributed by atoms with Crippen LogP contribution in [0, 0.1) is 0 Å². The first-order valence-corrected chi connectivity index (χ1v) is 15.1. The number of piperazine rings is 1. The van der Waals surface area contributed by atoms with Crippen molar-refractivity contribution in [1.29, 1.82) is 0 Å². The average molecular weight is 599 g/mol. The van der Waals surface area contributed by atoms with Crippen LogP contribution in [0.2, 0.25) is 0 Å². The number of rotatable bonds is 10.